The van der Waals surface area contributed by atoms with Crippen LogP contribution in [0.15, 0.2) is 4.99 Å². The minimum absolute atomic E-state index is 0.162. The second-order valence-electron chi connectivity index (χ2n) is 2.58. The lowest BCUT2D eigenvalue weighted by molar-refractivity contribution is -0.138. The number of carboxylic acid groups (broad SMARTS) is 1. The van der Waals surface area contributed by atoms with Gasteiger partial charge in [0.1, 0.15) is 6.61 Å². The number of nitrogens with zero attached hydrogens (tertiary/aromatic N) is 1. The standard InChI is InChI=1S/C7H12N2O3/c8-3-1-2-6-9-5(4-12-6)7(10)11/h5H,1-4,8H2,(H,10,11). The van der Waals surface area contributed by atoms with E-state index < -0.39 is 12.0 Å². The summed E-state index contributed by atoms with van der Waals surface area (Å²) in [5.41, 5.74) is 5.27. The Kier molecular flexibility index (Phi) is 3.04. The van der Waals surface area contributed by atoms with E-state index in [1.807, 2.05) is 0 Å². The molecule has 1 atom stereocenters. The van der Waals surface area contributed by atoms with Gasteiger partial charge in [0.25, 0.3) is 0 Å². The van der Waals surface area contributed by atoms with Gasteiger partial charge in [0.2, 0.25) is 0 Å². The van der Waals surface area contributed by atoms with Crippen molar-refractivity contribution in [2.24, 2.45) is 10.7 Å². The van der Waals surface area contributed by atoms with Crippen molar-refractivity contribution < 1.29 is 14.6 Å². The van der Waals surface area contributed by atoms with Gasteiger partial charge in [-0.2, -0.15) is 0 Å². The summed E-state index contributed by atoms with van der Waals surface area (Å²) in [4.78, 5) is 14.3. The first-order chi connectivity index (χ1) is 5.74. The molecule has 1 heterocycles. The third kappa shape index (κ3) is 2.20. The Morgan fingerprint density at radius 3 is 3.08 bits per heavy atom. The first-order valence-corrected chi connectivity index (χ1v) is 3.86. The first-order valence-electron chi connectivity index (χ1n) is 3.86. The highest BCUT2D eigenvalue weighted by atomic mass is 16.5. The molecule has 0 aromatic heterocycles. The Morgan fingerprint density at radius 2 is 2.58 bits per heavy atom. The van der Waals surface area contributed by atoms with Crippen molar-refractivity contribution in [3.8, 4) is 0 Å². The van der Waals surface area contributed by atoms with Gasteiger partial charge in [-0.25, -0.2) is 9.79 Å². The number of hydrogen-bond donors (Lipinski definition) is 2. The van der Waals surface area contributed by atoms with Crippen molar-refractivity contribution in [3.63, 3.8) is 0 Å². The lowest BCUT2D eigenvalue weighted by atomic mass is 10.3. The molecule has 0 spiro atoms. The fourth-order valence-corrected chi connectivity index (χ4v) is 0.940. The van der Waals surface area contributed by atoms with Crippen molar-refractivity contribution in [3.05, 3.63) is 0 Å². The van der Waals surface area contributed by atoms with Crippen molar-refractivity contribution >= 4 is 11.9 Å². The van der Waals surface area contributed by atoms with E-state index in [1.165, 1.54) is 0 Å². The fourth-order valence-electron chi connectivity index (χ4n) is 0.940. The molecule has 1 aliphatic heterocycles. The normalized spacial score (nSPS) is 21.8. The van der Waals surface area contributed by atoms with E-state index in [0.29, 0.717) is 18.9 Å². The molecule has 0 aliphatic carbocycles. The number of ether oxygens (including phenoxy) is 1. The van der Waals surface area contributed by atoms with Gasteiger partial charge in [-0.3, -0.25) is 0 Å². The summed E-state index contributed by atoms with van der Waals surface area (Å²) in [6.45, 7) is 0.732. The molecule has 0 saturated carbocycles. The minimum Gasteiger partial charge on any atom is -0.480 e. The van der Waals surface area contributed by atoms with Gasteiger partial charge in [0, 0.05) is 6.42 Å². The third-order valence-electron chi connectivity index (χ3n) is 1.59. The van der Waals surface area contributed by atoms with E-state index >= 15 is 0 Å². The zero-order valence-electron chi connectivity index (χ0n) is 6.69. The van der Waals surface area contributed by atoms with E-state index in [0.717, 1.165) is 6.42 Å². The highest BCUT2D eigenvalue weighted by Gasteiger charge is 2.24. The van der Waals surface area contributed by atoms with Crippen molar-refractivity contribution in [1.82, 2.24) is 0 Å². The van der Waals surface area contributed by atoms with E-state index in [-0.39, 0.29) is 6.61 Å². The SMILES string of the molecule is NCCCC1=NC(C(=O)O)CO1. The van der Waals surface area contributed by atoms with Crippen molar-refractivity contribution in [2.75, 3.05) is 13.2 Å². The second-order valence-corrected chi connectivity index (χ2v) is 2.58. The fraction of sp³-hybridized carbons (Fsp3) is 0.714. The summed E-state index contributed by atoms with van der Waals surface area (Å²) < 4.78 is 5.04. The first kappa shape index (κ1) is 8.99. The lowest BCUT2D eigenvalue weighted by Gasteiger charge is -1.97. The summed E-state index contributed by atoms with van der Waals surface area (Å²) in [6.07, 6.45) is 1.42. The lowest BCUT2D eigenvalue weighted by Crippen LogP contribution is -2.18. The van der Waals surface area contributed by atoms with Crippen LogP contribution in [0.4, 0.5) is 0 Å². The molecule has 5 nitrogen and oxygen atoms in total. The summed E-state index contributed by atoms with van der Waals surface area (Å²) in [6, 6.07) is -0.710. The van der Waals surface area contributed by atoms with Gasteiger partial charge in [-0.1, -0.05) is 0 Å². The van der Waals surface area contributed by atoms with E-state index in [1.54, 1.807) is 0 Å². The second kappa shape index (κ2) is 4.06. The number of carboxylic acids is 1. The van der Waals surface area contributed by atoms with E-state index in [9.17, 15) is 4.79 Å². The summed E-state index contributed by atoms with van der Waals surface area (Å²) in [5.74, 6) is -0.411. The number of carbonyl (C=O) groups is 1. The molecule has 5 heteroatoms. The van der Waals surface area contributed by atoms with Crippen LogP contribution in [0, 0.1) is 0 Å². The topological polar surface area (TPSA) is 84.9 Å². The van der Waals surface area contributed by atoms with Crippen LogP contribution in [0.25, 0.3) is 0 Å². The number of nitrogens with two attached hydrogens (primary N) is 1. The largest absolute Gasteiger partial charge is 0.480 e. The molecule has 0 aromatic carbocycles. The average molecular weight is 172 g/mol. The van der Waals surface area contributed by atoms with Gasteiger partial charge in [-0.05, 0) is 13.0 Å². The number of aliphatic imine (C=N–C) groups is 1. The van der Waals surface area contributed by atoms with Crippen LogP contribution in [0.3, 0.4) is 0 Å². The summed E-state index contributed by atoms with van der Waals surface area (Å²) in [7, 11) is 0. The Morgan fingerprint density at radius 1 is 1.83 bits per heavy atom. The number of hydrogen-bond acceptors (Lipinski definition) is 4. The minimum atomic E-state index is -0.933. The van der Waals surface area contributed by atoms with E-state index in [4.69, 9.17) is 15.6 Å². The van der Waals surface area contributed by atoms with Crippen LogP contribution in [0.5, 0.6) is 0 Å². The molecule has 12 heavy (non-hydrogen) atoms. The summed E-state index contributed by atoms with van der Waals surface area (Å²) >= 11 is 0. The maximum atomic E-state index is 10.4. The molecule has 68 valence electrons. The smallest absolute Gasteiger partial charge is 0.332 e. The Hall–Kier alpha value is -1.10. The van der Waals surface area contributed by atoms with Gasteiger partial charge in [-0.15, -0.1) is 0 Å². The molecule has 0 saturated heterocycles. The van der Waals surface area contributed by atoms with Crippen molar-refractivity contribution in [2.45, 2.75) is 18.9 Å². The predicted molar refractivity (Wildman–Crippen MR) is 43.1 cm³/mol. The van der Waals surface area contributed by atoms with Gasteiger partial charge in [0.05, 0.1) is 0 Å². The molecular weight excluding hydrogens is 160 g/mol. The molecular formula is C7H12N2O3. The molecule has 0 aromatic rings. The van der Waals surface area contributed by atoms with Crippen LogP contribution in [-0.2, 0) is 9.53 Å². The molecule has 3 N–H and O–H groups in total. The molecule has 0 amide bonds. The van der Waals surface area contributed by atoms with Gasteiger partial charge in [0.15, 0.2) is 11.9 Å². The van der Waals surface area contributed by atoms with Crippen LogP contribution in [0.1, 0.15) is 12.8 Å². The Balaban J connectivity index is 2.37. The van der Waals surface area contributed by atoms with Gasteiger partial charge >= 0.3 is 5.97 Å². The van der Waals surface area contributed by atoms with E-state index in [2.05, 4.69) is 4.99 Å². The summed E-state index contributed by atoms with van der Waals surface area (Å²) in [5, 5.41) is 8.54. The highest BCUT2D eigenvalue weighted by Crippen LogP contribution is 2.08. The van der Waals surface area contributed by atoms with Crippen LogP contribution in [-0.4, -0.2) is 36.2 Å². The molecule has 0 fully saturated rings. The zero-order valence-corrected chi connectivity index (χ0v) is 6.69. The molecule has 1 aliphatic rings. The number of aliphatic carboxylic acids is 1. The Bertz CT molecular complexity index is 203. The monoisotopic (exact) mass is 172 g/mol. The van der Waals surface area contributed by atoms with Crippen LogP contribution >= 0.6 is 0 Å². The molecule has 0 bridgehead atoms. The van der Waals surface area contributed by atoms with Crippen molar-refractivity contribution in [1.29, 1.82) is 0 Å². The molecule has 0 radical (unpaired) electrons. The molecule has 1 rings (SSSR count). The van der Waals surface area contributed by atoms with Crippen LogP contribution < -0.4 is 5.73 Å². The maximum Gasteiger partial charge on any atom is 0.332 e. The van der Waals surface area contributed by atoms with Crippen LogP contribution in [0.2, 0.25) is 0 Å². The Labute approximate surface area is 70.2 Å². The quantitative estimate of drug-likeness (QED) is 0.604. The third-order valence-corrected chi connectivity index (χ3v) is 1.59. The highest BCUT2D eigenvalue weighted by molar-refractivity contribution is 5.84. The average Bonchev–Trinajstić information content (AvgIpc) is 2.48. The molecule has 1 unspecified atom stereocenters. The maximum absolute atomic E-state index is 10.4. The predicted octanol–water partition coefficient (Wildman–Crippen LogP) is -0.393. The number of rotatable bonds is 4. The van der Waals surface area contributed by atoms with Gasteiger partial charge < -0.3 is 15.6 Å². The zero-order chi connectivity index (χ0) is 8.97.